The monoisotopic (exact) mass is 212 g/mol. The largest absolute Gasteiger partial charge is 0.460 e. The van der Waals surface area contributed by atoms with Crippen LogP contribution in [0.1, 0.15) is 0 Å². The van der Waals surface area contributed by atoms with Crippen LogP contribution in [0.3, 0.4) is 0 Å². The molecule has 0 saturated heterocycles. The molecule has 12 heavy (non-hydrogen) atoms. The Morgan fingerprint density at radius 3 is 2.58 bits per heavy atom. The molecule has 0 aromatic heterocycles. The Hall–Kier alpha value is -0.260. The van der Waals surface area contributed by atoms with E-state index >= 15 is 0 Å². The zero-order chi connectivity index (χ0) is 9.61. The summed E-state index contributed by atoms with van der Waals surface area (Å²) >= 11 is 4.13. The average Bonchev–Trinajstić information content (AvgIpc) is 1.96. The van der Waals surface area contributed by atoms with Gasteiger partial charge in [0.25, 0.3) is 0 Å². The van der Waals surface area contributed by atoms with Crippen molar-refractivity contribution < 1.29 is 23.8 Å². The number of ether oxygens (including phenoxy) is 1. The maximum atomic E-state index is 10.4. The molecule has 0 aliphatic carbocycles. The lowest BCUT2D eigenvalue weighted by Crippen LogP contribution is -2.07. The van der Waals surface area contributed by atoms with E-state index in [1.807, 2.05) is 0 Å². The van der Waals surface area contributed by atoms with Crippen molar-refractivity contribution in [2.75, 3.05) is 13.2 Å². The van der Waals surface area contributed by atoms with Gasteiger partial charge in [-0.1, -0.05) is 6.58 Å². The normalized spacial score (nSPS) is 10.8. The molecule has 5 nitrogen and oxygen atoms in total. The van der Waals surface area contributed by atoms with Gasteiger partial charge in [0.15, 0.2) is 0 Å². The van der Waals surface area contributed by atoms with Gasteiger partial charge in [-0.15, -0.1) is 0 Å². The number of hydrogen-bond donors (Lipinski definition) is 2. The van der Waals surface area contributed by atoms with Gasteiger partial charge in [-0.2, -0.15) is 0 Å². The van der Waals surface area contributed by atoms with Crippen molar-refractivity contribution >= 4 is 24.5 Å². The highest BCUT2D eigenvalue weighted by Gasteiger charge is 2.07. The summed E-state index contributed by atoms with van der Waals surface area (Å²) < 4.78 is 8.80. The highest BCUT2D eigenvalue weighted by atomic mass is 32.5. The van der Waals surface area contributed by atoms with E-state index in [2.05, 4.69) is 27.6 Å². The zero-order valence-corrected chi connectivity index (χ0v) is 7.88. The maximum Gasteiger partial charge on any atom is 0.330 e. The van der Waals surface area contributed by atoms with E-state index in [1.165, 1.54) is 0 Å². The Bertz CT molecular complexity index is 210. The Balaban J connectivity index is 3.40. The molecule has 0 atom stereocenters. The van der Waals surface area contributed by atoms with E-state index in [0.29, 0.717) is 0 Å². The van der Waals surface area contributed by atoms with Crippen molar-refractivity contribution in [1.82, 2.24) is 0 Å². The van der Waals surface area contributed by atoms with E-state index < -0.39 is 12.7 Å². The lowest BCUT2D eigenvalue weighted by Gasteiger charge is -2.07. The first-order valence-electron chi connectivity index (χ1n) is 2.95. The van der Waals surface area contributed by atoms with Gasteiger partial charge in [0, 0.05) is 6.08 Å². The van der Waals surface area contributed by atoms with E-state index in [9.17, 15) is 4.79 Å². The molecule has 0 aromatic carbocycles. The Labute approximate surface area is 74.9 Å². The topological polar surface area (TPSA) is 76.0 Å². The van der Waals surface area contributed by atoms with Gasteiger partial charge < -0.3 is 19.0 Å². The van der Waals surface area contributed by atoms with Gasteiger partial charge in [0.1, 0.15) is 6.61 Å². The van der Waals surface area contributed by atoms with Gasteiger partial charge in [0.05, 0.1) is 6.61 Å². The minimum Gasteiger partial charge on any atom is -0.460 e. The molecule has 0 unspecified atom stereocenters. The summed E-state index contributed by atoms with van der Waals surface area (Å²) in [6.45, 7) is -0.672. The van der Waals surface area contributed by atoms with Crippen molar-refractivity contribution in [2.24, 2.45) is 0 Å². The third kappa shape index (κ3) is 7.84. The van der Waals surface area contributed by atoms with Crippen molar-refractivity contribution in [3.63, 3.8) is 0 Å². The van der Waals surface area contributed by atoms with Crippen LogP contribution >= 0.6 is 6.72 Å². The van der Waals surface area contributed by atoms with Crippen LogP contribution in [-0.4, -0.2) is 29.0 Å². The van der Waals surface area contributed by atoms with Crippen LogP contribution in [0.15, 0.2) is 12.7 Å². The molecule has 0 rings (SSSR count). The first-order valence-corrected chi connectivity index (χ1v) is 5.57. The van der Waals surface area contributed by atoms with Crippen LogP contribution in [-0.2, 0) is 25.9 Å². The molecule has 0 radical (unpaired) electrons. The minimum absolute atomic E-state index is 0.0790. The minimum atomic E-state index is -3.62. The molecule has 0 spiro atoms. The summed E-state index contributed by atoms with van der Waals surface area (Å²) in [6, 6.07) is 0. The predicted molar refractivity (Wildman–Crippen MR) is 45.8 cm³/mol. The quantitative estimate of drug-likeness (QED) is 0.288. The summed E-state index contributed by atoms with van der Waals surface area (Å²) in [6.07, 6.45) is 0.994. The number of hydrogen-bond acceptors (Lipinski definition) is 4. The van der Waals surface area contributed by atoms with Crippen LogP contribution in [0.5, 0.6) is 0 Å². The first kappa shape index (κ1) is 11.7. The summed E-state index contributed by atoms with van der Waals surface area (Å²) in [5.74, 6) is -0.595. The van der Waals surface area contributed by atoms with Crippen molar-refractivity contribution in [3.05, 3.63) is 12.7 Å². The fourth-order valence-corrected chi connectivity index (χ4v) is 0.893. The summed E-state index contributed by atoms with van der Waals surface area (Å²) in [5.41, 5.74) is 0. The molecular weight excluding hydrogens is 203 g/mol. The highest BCUT2D eigenvalue weighted by Crippen LogP contribution is 2.35. The van der Waals surface area contributed by atoms with Gasteiger partial charge in [-0.25, -0.2) is 4.79 Å². The summed E-state index contributed by atoms with van der Waals surface area (Å²) in [4.78, 5) is 27.5. The average molecular weight is 212 g/mol. The summed E-state index contributed by atoms with van der Waals surface area (Å²) in [5, 5.41) is 0. The SMILES string of the molecule is C=CC(=O)OCCOP(O)(O)=S. The molecule has 0 amide bonds. The van der Waals surface area contributed by atoms with E-state index in [4.69, 9.17) is 9.79 Å². The smallest absolute Gasteiger partial charge is 0.330 e. The third-order valence-electron chi connectivity index (χ3n) is 0.754. The van der Waals surface area contributed by atoms with Crippen LogP contribution < -0.4 is 0 Å². The number of esters is 1. The molecule has 0 saturated carbocycles. The van der Waals surface area contributed by atoms with Gasteiger partial charge in [-0.05, 0) is 11.8 Å². The van der Waals surface area contributed by atoms with Crippen molar-refractivity contribution in [3.8, 4) is 0 Å². The number of carbonyl (C=O) groups is 1. The van der Waals surface area contributed by atoms with Gasteiger partial charge in [0.2, 0.25) is 0 Å². The van der Waals surface area contributed by atoms with E-state index in [1.54, 1.807) is 0 Å². The molecular formula is C5H9O5PS. The molecule has 0 heterocycles. The fraction of sp³-hybridized carbons (Fsp3) is 0.400. The van der Waals surface area contributed by atoms with E-state index in [0.717, 1.165) is 6.08 Å². The zero-order valence-electron chi connectivity index (χ0n) is 6.17. The second-order valence-electron chi connectivity index (χ2n) is 1.70. The molecule has 0 aliphatic rings. The molecule has 0 bridgehead atoms. The Morgan fingerprint density at radius 2 is 2.17 bits per heavy atom. The van der Waals surface area contributed by atoms with Crippen molar-refractivity contribution in [1.29, 1.82) is 0 Å². The second-order valence-corrected chi connectivity index (χ2v) is 4.36. The predicted octanol–water partition coefficient (Wildman–Crippen LogP) is -0.0587. The van der Waals surface area contributed by atoms with Crippen LogP contribution in [0.4, 0.5) is 0 Å². The molecule has 7 heteroatoms. The summed E-state index contributed by atoms with van der Waals surface area (Å²) in [7, 11) is 0. The molecule has 70 valence electrons. The molecule has 0 aromatic rings. The highest BCUT2D eigenvalue weighted by molar-refractivity contribution is 8.06. The third-order valence-corrected chi connectivity index (χ3v) is 1.59. The lowest BCUT2D eigenvalue weighted by molar-refractivity contribution is -0.138. The van der Waals surface area contributed by atoms with Crippen LogP contribution in [0, 0.1) is 0 Å². The van der Waals surface area contributed by atoms with Crippen LogP contribution in [0.2, 0.25) is 0 Å². The Morgan fingerprint density at radius 1 is 1.58 bits per heavy atom. The van der Waals surface area contributed by atoms with Gasteiger partial charge >= 0.3 is 12.7 Å². The molecule has 0 aliphatic heterocycles. The molecule has 2 N–H and O–H groups in total. The van der Waals surface area contributed by atoms with Gasteiger partial charge in [-0.3, -0.25) is 0 Å². The molecule has 0 fully saturated rings. The number of rotatable bonds is 5. The standard InChI is InChI=1S/C5H9O5PS/c1-2-5(6)9-3-4-10-11(7,8)12/h2H,1,3-4H2,(H2,7,8,12). The van der Waals surface area contributed by atoms with Crippen LogP contribution in [0.25, 0.3) is 0 Å². The Kier molecular flexibility index (Phi) is 5.28. The maximum absolute atomic E-state index is 10.4. The fourth-order valence-electron chi connectivity index (χ4n) is 0.357. The lowest BCUT2D eigenvalue weighted by atomic mass is 10.6. The number of carbonyl (C=O) groups excluding carboxylic acids is 1. The first-order chi connectivity index (χ1) is 5.45. The van der Waals surface area contributed by atoms with Crippen molar-refractivity contribution in [2.45, 2.75) is 0 Å². The van der Waals surface area contributed by atoms with E-state index in [-0.39, 0.29) is 13.2 Å². The second kappa shape index (κ2) is 5.40.